The van der Waals surface area contributed by atoms with E-state index in [2.05, 4.69) is 4.98 Å². The van der Waals surface area contributed by atoms with E-state index in [1.807, 2.05) is 6.92 Å². The second-order valence-electron chi connectivity index (χ2n) is 4.07. The minimum Gasteiger partial charge on any atom is -0.394 e. The van der Waals surface area contributed by atoms with Crippen molar-refractivity contribution in [2.75, 3.05) is 12.3 Å². The van der Waals surface area contributed by atoms with Crippen molar-refractivity contribution in [3.8, 4) is 0 Å². The lowest BCUT2D eigenvalue weighted by atomic mass is 10.0. The van der Waals surface area contributed by atoms with E-state index < -0.39 is 5.69 Å². The zero-order chi connectivity index (χ0) is 11.7. The molecule has 1 aromatic heterocycles. The number of rotatable bonds is 2. The fourth-order valence-corrected chi connectivity index (χ4v) is 1.91. The Labute approximate surface area is 92.7 Å². The summed E-state index contributed by atoms with van der Waals surface area (Å²) in [5, 5.41) is 9.07. The number of anilines is 1. The van der Waals surface area contributed by atoms with Crippen molar-refractivity contribution in [3.63, 3.8) is 0 Å². The van der Waals surface area contributed by atoms with Crippen LogP contribution in [0.4, 0.5) is 5.82 Å². The fraction of sp³-hybridized carbons (Fsp3) is 0.600. The van der Waals surface area contributed by atoms with Crippen LogP contribution in [0.3, 0.4) is 0 Å². The Morgan fingerprint density at radius 2 is 2.50 bits per heavy atom. The third-order valence-corrected chi connectivity index (χ3v) is 2.88. The van der Waals surface area contributed by atoms with Crippen LogP contribution in [0.25, 0.3) is 0 Å². The van der Waals surface area contributed by atoms with E-state index in [0.29, 0.717) is 6.42 Å². The third kappa shape index (κ3) is 1.94. The highest BCUT2D eigenvalue weighted by molar-refractivity contribution is 5.23. The van der Waals surface area contributed by atoms with Gasteiger partial charge in [0.1, 0.15) is 12.0 Å². The topological polar surface area (TPSA) is 90.4 Å². The summed E-state index contributed by atoms with van der Waals surface area (Å²) in [4.78, 5) is 15.2. The molecule has 16 heavy (non-hydrogen) atoms. The van der Waals surface area contributed by atoms with Crippen LogP contribution < -0.4 is 11.4 Å². The van der Waals surface area contributed by atoms with Gasteiger partial charge in [0.2, 0.25) is 0 Å². The van der Waals surface area contributed by atoms with Crippen molar-refractivity contribution in [2.45, 2.75) is 25.7 Å². The Morgan fingerprint density at radius 1 is 1.75 bits per heavy atom. The van der Waals surface area contributed by atoms with Crippen molar-refractivity contribution in [1.82, 2.24) is 9.55 Å². The molecular weight excluding hydrogens is 210 g/mol. The van der Waals surface area contributed by atoms with Crippen LogP contribution in [0.1, 0.15) is 19.6 Å². The van der Waals surface area contributed by atoms with Gasteiger partial charge in [-0.1, -0.05) is 6.92 Å². The van der Waals surface area contributed by atoms with E-state index in [-0.39, 0.29) is 30.7 Å². The normalized spacial score (nSPS) is 29.5. The SMILES string of the molecule is CC1CC(n2ccc(N)nc2=O)OC1CO. The summed E-state index contributed by atoms with van der Waals surface area (Å²) in [5.41, 5.74) is 4.98. The Bertz CT molecular complexity index is 432. The summed E-state index contributed by atoms with van der Waals surface area (Å²) >= 11 is 0. The number of hydrogen-bond acceptors (Lipinski definition) is 5. The molecule has 0 aliphatic carbocycles. The molecule has 6 nitrogen and oxygen atoms in total. The number of nitrogen functional groups attached to an aromatic ring is 1. The summed E-state index contributed by atoms with van der Waals surface area (Å²) in [6, 6.07) is 1.56. The molecule has 0 amide bonds. The second kappa shape index (κ2) is 4.23. The number of nitrogens with zero attached hydrogens (tertiary/aromatic N) is 2. The van der Waals surface area contributed by atoms with Gasteiger partial charge >= 0.3 is 5.69 Å². The number of ether oxygens (including phenoxy) is 1. The van der Waals surface area contributed by atoms with Gasteiger partial charge < -0.3 is 15.6 Å². The molecule has 3 atom stereocenters. The predicted molar refractivity (Wildman–Crippen MR) is 57.7 cm³/mol. The standard InChI is InChI=1S/C10H15N3O3/c1-6-4-9(16-7(6)5-14)13-3-2-8(11)12-10(13)15/h2-3,6-7,9,14H,4-5H2,1H3,(H2,11,12,15). The van der Waals surface area contributed by atoms with Crippen LogP contribution in [-0.2, 0) is 4.74 Å². The van der Waals surface area contributed by atoms with E-state index in [0.717, 1.165) is 0 Å². The summed E-state index contributed by atoms with van der Waals surface area (Å²) in [6.07, 6.45) is 1.70. The molecule has 1 fully saturated rings. The van der Waals surface area contributed by atoms with Crippen LogP contribution in [0.2, 0.25) is 0 Å². The van der Waals surface area contributed by atoms with Crippen LogP contribution in [0.5, 0.6) is 0 Å². The molecule has 2 rings (SSSR count). The minimum atomic E-state index is -0.421. The lowest BCUT2D eigenvalue weighted by molar-refractivity contribution is -0.0312. The maximum absolute atomic E-state index is 11.6. The van der Waals surface area contributed by atoms with Crippen molar-refractivity contribution in [1.29, 1.82) is 0 Å². The zero-order valence-corrected chi connectivity index (χ0v) is 9.04. The van der Waals surface area contributed by atoms with Crippen LogP contribution in [-0.4, -0.2) is 27.4 Å². The first-order valence-electron chi connectivity index (χ1n) is 5.23. The minimum absolute atomic E-state index is 0.0329. The van der Waals surface area contributed by atoms with Crippen molar-refractivity contribution >= 4 is 5.82 Å². The molecular formula is C10H15N3O3. The second-order valence-corrected chi connectivity index (χ2v) is 4.07. The molecule has 6 heteroatoms. The number of aliphatic hydroxyl groups excluding tert-OH is 1. The molecule has 0 spiro atoms. The Hall–Kier alpha value is -1.40. The van der Waals surface area contributed by atoms with Gasteiger partial charge in [-0.25, -0.2) is 4.79 Å². The van der Waals surface area contributed by atoms with Crippen LogP contribution >= 0.6 is 0 Å². The first-order valence-corrected chi connectivity index (χ1v) is 5.23. The smallest absolute Gasteiger partial charge is 0.351 e. The summed E-state index contributed by atoms with van der Waals surface area (Å²) in [7, 11) is 0. The largest absolute Gasteiger partial charge is 0.394 e. The van der Waals surface area contributed by atoms with Crippen molar-refractivity contribution in [3.05, 3.63) is 22.7 Å². The Balaban J connectivity index is 2.23. The molecule has 0 radical (unpaired) electrons. The highest BCUT2D eigenvalue weighted by atomic mass is 16.5. The van der Waals surface area contributed by atoms with E-state index in [9.17, 15) is 4.79 Å². The summed E-state index contributed by atoms with van der Waals surface area (Å²) in [5.74, 6) is 0.422. The van der Waals surface area contributed by atoms with Gasteiger partial charge in [0.25, 0.3) is 0 Å². The number of aromatic nitrogens is 2. The fourth-order valence-electron chi connectivity index (χ4n) is 1.91. The molecule has 0 bridgehead atoms. The van der Waals surface area contributed by atoms with Crippen molar-refractivity contribution in [2.24, 2.45) is 5.92 Å². The van der Waals surface area contributed by atoms with Gasteiger partial charge in [-0.15, -0.1) is 0 Å². The molecule has 3 unspecified atom stereocenters. The molecule has 1 aromatic rings. The monoisotopic (exact) mass is 225 g/mol. The molecule has 3 N–H and O–H groups in total. The first-order chi connectivity index (χ1) is 7.61. The Morgan fingerprint density at radius 3 is 3.06 bits per heavy atom. The first kappa shape index (κ1) is 11.1. The van der Waals surface area contributed by atoms with Crippen LogP contribution in [0.15, 0.2) is 17.1 Å². The zero-order valence-electron chi connectivity index (χ0n) is 9.04. The Kier molecular flexibility index (Phi) is 2.93. The lowest BCUT2D eigenvalue weighted by Crippen LogP contribution is -2.27. The third-order valence-electron chi connectivity index (χ3n) is 2.88. The van der Waals surface area contributed by atoms with Gasteiger partial charge in [-0.2, -0.15) is 4.98 Å². The molecule has 1 aliphatic rings. The van der Waals surface area contributed by atoms with E-state index >= 15 is 0 Å². The average Bonchev–Trinajstić information content (AvgIpc) is 2.59. The molecule has 1 aliphatic heterocycles. The lowest BCUT2D eigenvalue weighted by Gasteiger charge is -2.14. The van der Waals surface area contributed by atoms with Gasteiger partial charge in [-0.05, 0) is 18.4 Å². The number of hydrogen-bond donors (Lipinski definition) is 2. The maximum atomic E-state index is 11.6. The molecule has 2 heterocycles. The maximum Gasteiger partial charge on any atom is 0.351 e. The highest BCUT2D eigenvalue weighted by Gasteiger charge is 2.33. The molecule has 0 saturated carbocycles. The molecule has 1 saturated heterocycles. The summed E-state index contributed by atoms with van der Waals surface area (Å²) in [6.45, 7) is 1.95. The van der Waals surface area contributed by atoms with E-state index in [1.54, 1.807) is 12.3 Å². The van der Waals surface area contributed by atoms with E-state index in [4.69, 9.17) is 15.6 Å². The van der Waals surface area contributed by atoms with Crippen LogP contribution in [0, 0.1) is 5.92 Å². The highest BCUT2D eigenvalue weighted by Crippen LogP contribution is 2.31. The van der Waals surface area contributed by atoms with E-state index in [1.165, 1.54) is 4.57 Å². The number of aliphatic hydroxyl groups is 1. The predicted octanol–water partition coefficient (Wildman–Crippen LogP) is -0.259. The average molecular weight is 225 g/mol. The molecule has 0 aromatic carbocycles. The van der Waals surface area contributed by atoms with Gasteiger partial charge in [0.15, 0.2) is 0 Å². The summed E-state index contributed by atoms with van der Waals surface area (Å²) < 4.78 is 6.97. The quantitative estimate of drug-likeness (QED) is 0.723. The van der Waals surface area contributed by atoms with Crippen molar-refractivity contribution < 1.29 is 9.84 Å². The van der Waals surface area contributed by atoms with Gasteiger partial charge in [0, 0.05) is 6.20 Å². The van der Waals surface area contributed by atoms with Gasteiger partial charge in [0.05, 0.1) is 12.7 Å². The van der Waals surface area contributed by atoms with Gasteiger partial charge in [-0.3, -0.25) is 4.57 Å². The molecule has 88 valence electrons. The number of nitrogens with two attached hydrogens (primary N) is 1.